The quantitative estimate of drug-likeness (QED) is 0.457. The molecule has 1 heterocycles. The van der Waals surface area contributed by atoms with Crippen molar-refractivity contribution in [3.63, 3.8) is 0 Å². The predicted octanol–water partition coefficient (Wildman–Crippen LogP) is 4.03. The number of carbonyl (C=O) groups is 2. The molecular weight excluding hydrogens is 472 g/mol. The summed E-state index contributed by atoms with van der Waals surface area (Å²) in [7, 11) is 0. The number of nitrogens with one attached hydrogen (secondary N) is 1. The molecule has 2 aromatic carbocycles. The Morgan fingerprint density at radius 2 is 1.85 bits per heavy atom. The van der Waals surface area contributed by atoms with Crippen molar-refractivity contribution in [2.24, 2.45) is 0 Å². The van der Waals surface area contributed by atoms with E-state index in [0.29, 0.717) is 34.3 Å². The van der Waals surface area contributed by atoms with Crippen LogP contribution in [0.1, 0.15) is 30.3 Å². The highest BCUT2D eigenvalue weighted by Gasteiger charge is 2.22. The maximum absolute atomic E-state index is 12.9. The third kappa shape index (κ3) is 6.97. The number of aromatic nitrogens is 4. The monoisotopic (exact) mass is 493 g/mol. The van der Waals surface area contributed by atoms with Gasteiger partial charge < -0.3 is 10.1 Å². The molecule has 1 N–H and O–H groups in total. The van der Waals surface area contributed by atoms with Crippen LogP contribution in [0.4, 0.5) is 9.18 Å². The number of hydrogen-bond acceptors (Lipinski definition) is 6. The van der Waals surface area contributed by atoms with Gasteiger partial charge in [0.05, 0.1) is 12.6 Å². The molecule has 0 aliphatic rings. The van der Waals surface area contributed by atoms with Gasteiger partial charge >= 0.3 is 6.09 Å². The second-order valence-corrected chi connectivity index (χ2v) is 8.03. The predicted molar refractivity (Wildman–Crippen MR) is 121 cm³/mol. The minimum atomic E-state index is -0.774. The van der Waals surface area contributed by atoms with Crippen LogP contribution in [0.2, 0.25) is 10.0 Å². The van der Waals surface area contributed by atoms with Crippen molar-refractivity contribution in [1.82, 2.24) is 25.5 Å². The molecule has 1 unspecified atom stereocenters. The lowest BCUT2D eigenvalue weighted by Gasteiger charge is -2.16. The van der Waals surface area contributed by atoms with Gasteiger partial charge in [-0.1, -0.05) is 48.3 Å². The number of hydrogen-bond donors (Lipinski definition) is 1. The number of ether oxygens (including phenoxy) is 1. The number of ketones is 1. The van der Waals surface area contributed by atoms with Crippen molar-refractivity contribution < 1.29 is 18.7 Å². The van der Waals surface area contributed by atoms with Gasteiger partial charge in [0.25, 0.3) is 0 Å². The van der Waals surface area contributed by atoms with Crippen LogP contribution >= 0.6 is 23.2 Å². The molecule has 0 fully saturated rings. The van der Waals surface area contributed by atoms with Crippen molar-refractivity contribution in [1.29, 1.82) is 0 Å². The average Bonchev–Trinajstić information content (AvgIpc) is 3.22. The van der Waals surface area contributed by atoms with E-state index in [9.17, 15) is 14.0 Å². The molecule has 0 radical (unpaired) electrons. The highest BCUT2D eigenvalue weighted by Crippen LogP contribution is 2.26. The molecule has 1 aromatic heterocycles. The number of amides is 1. The van der Waals surface area contributed by atoms with Crippen molar-refractivity contribution in [3.05, 3.63) is 75.3 Å². The summed E-state index contributed by atoms with van der Waals surface area (Å²) in [5.41, 5.74) is 1.48. The number of benzene rings is 2. The number of alkyl carbamates (subject to hydrolysis) is 1. The van der Waals surface area contributed by atoms with E-state index >= 15 is 0 Å². The van der Waals surface area contributed by atoms with Crippen LogP contribution in [0.25, 0.3) is 0 Å². The van der Waals surface area contributed by atoms with Crippen LogP contribution < -0.4 is 5.32 Å². The van der Waals surface area contributed by atoms with E-state index in [1.165, 1.54) is 16.8 Å². The second kappa shape index (κ2) is 11.7. The number of Topliss-reactive ketones (excluding diaryl/α,β-unsaturated/α-hetero) is 1. The molecule has 3 rings (SSSR count). The Kier molecular flexibility index (Phi) is 8.73. The van der Waals surface area contributed by atoms with Gasteiger partial charge in [-0.2, -0.15) is 0 Å². The zero-order valence-electron chi connectivity index (χ0n) is 17.8. The van der Waals surface area contributed by atoms with Crippen LogP contribution in [-0.4, -0.2) is 44.7 Å². The van der Waals surface area contributed by atoms with Gasteiger partial charge in [0.15, 0.2) is 11.6 Å². The molecule has 174 valence electrons. The SMILES string of the molecule is CCC(NC(=O)OCCc1ccc(F)cc1)C(=O)Cn1nnnc1Cc1c(Cl)cccc1Cl. The Morgan fingerprint density at radius 3 is 2.52 bits per heavy atom. The third-order valence-electron chi connectivity index (χ3n) is 4.93. The maximum Gasteiger partial charge on any atom is 0.407 e. The van der Waals surface area contributed by atoms with E-state index in [4.69, 9.17) is 27.9 Å². The number of halogens is 3. The first-order valence-corrected chi connectivity index (χ1v) is 11.0. The summed E-state index contributed by atoms with van der Waals surface area (Å²) in [5.74, 6) is -0.204. The Morgan fingerprint density at radius 1 is 1.15 bits per heavy atom. The molecule has 0 aliphatic heterocycles. The number of carbonyl (C=O) groups excluding carboxylic acids is 2. The van der Waals surface area contributed by atoms with Crippen LogP contribution in [0.15, 0.2) is 42.5 Å². The van der Waals surface area contributed by atoms with Crippen LogP contribution in [-0.2, 0) is 28.9 Å². The van der Waals surface area contributed by atoms with E-state index in [1.807, 2.05) is 0 Å². The zero-order valence-corrected chi connectivity index (χ0v) is 19.3. The third-order valence-corrected chi connectivity index (χ3v) is 5.64. The minimum Gasteiger partial charge on any atom is -0.449 e. The summed E-state index contributed by atoms with van der Waals surface area (Å²) in [6.45, 7) is 1.72. The lowest BCUT2D eigenvalue weighted by atomic mass is 10.1. The second-order valence-electron chi connectivity index (χ2n) is 7.21. The molecule has 0 spiro atoms. The number of rotatable bonds is 10. The maximum atomic E-state index is 12.9. The molecule has 1 atom stereocenters. The molecule has 0 bridgehead atoms. The summed E-state index contributed by atoms with van der Waals surface area (Å²) in [4.78, 5) is 24.9. The lowest BCUT2D eigenvalue weighted by Crippen LogP contribution is -2.42. The normalized spacial score (nSPS) is 11.8. The molecule has 0 aliphatic carbocycles. The largest absolute Gasteiger partial charge is 0.449 e. The highest BCUT2D eigenvalue weighted by molar-refractivity contribution is 6.36. The van der Waals surface area contributed by atoms with E-state index in [2.05, 4.69) is 20.8 Å². The van der Waals surface area contributed by atoms with E-state index in [1.54, 1.807) is 37.3 Å². The topological polar surface area (TPSA) is 99.0 Å². The highest BCUT2D eigenvalue weighted by atomic mass is 35.5. The van der Waals surface area contributed by atoms with Gasteiger partial charge in [-0.05, 0) is 52.2 Å². The van der Waals surface area contributed by atoms with Crippen molar-refractivity contribution in [3.8, 4) is 0 Å². The van der Waals surface area contributed by atoms with Crippen molar-refractivity contribution in [2.45, 2.75) is 38.8 Å². The Labute approximate surface area is 200 Å². The molecule has 3 aromatic rings. The van der Waals surface area contributed by atoms with Gasteiger partial charge in [0.1, 0.15) is 12.4 Å². The number of nitrogens with zero attached hydrogens (tertiary/aromatic N) is 4. The summed E-state index contributed by atoms with van der Waals surface area (Å²) in [6.07, 6.45) is 0.322. The van der Waals surface area contributed by atoms with Gasteiger partial charge in [-0.3, -0.25) is 4.79 Å². The molecule has 0 saturated carbocycles. The van der Waals surface area contributed by atoms with Crippen LogP contribution in [0, 0.1) is 5.82 Å². The zero-order chi connectivity index (χ0) is 23.8. The summed E-state index contributed by atoms with van der Waals surface area (Å²) in [6, 6.07) is 10.3. The lowest BCUT2D eigenvalue weighted by molar-refractivity contribution is -0.121. The summed E-state index contributed by atoms with van der Waals surface area (Å²) >= 11 is 12.4. The standard InChI is InChI=1S/C22H22Cl2FN5O3/c1-2-19(26-22(32)33-11-10-14-6-8-15(25)9-7-14)20(31)13-30-21(27-28-29-30)12-16-17(23)4-3-5-18(16)24/h3-9,19H,2,10-13H2,1H3,(H,26,32). The molecule has 1 amide bonds. The number of tetrazole rings is 1. The Hall–Kier alpha value is -3.04. The van der Waals surface area contributed by atoms with E-state index in [0.717, 1.165) is 5.56 Å². The first kappa shape index (κ1) is 24.6. The molecular formula is C22H22Cl2FN5O3. The summed E-state index contributed by atoms with van der Waals surface area (Å²) in [5, 5.41) is 15.0. The van der Waals surface area contributed by atoms with E-state index < -0.39 is 12.1 Å². The van der Waals surface area contributed by atoms with Crippen molar-refractivity contribution in [2.75, 3.05) is 6.61 Å². The van der Waals surface area contributed by atoms with Gasteiger partial charge in [-0.15, -0.1) is 5.10 Å². The first-order chi connectivity index (χ1) is 15.9. The Balaban J connectivity index is 1.54. The first-order valence-electron chi connectivity index (χ1n) is 10.3. The Bertz CT molecular complexity index is 1090. The minimum absolute atomic E-state index is 0.0951. The molecule has 33 heavy (non-hydrogen) atoms. The van der Waals surface area contributed by atoms with Crippen LogP contribution in [0.3, 0.4) is 0 Å². The molecule has 0 saturated heterocycles. The molecule has 11 heteroatoms. The fourth-order valence-electron chi connectivity index (χ4n) is 3.10. The fraction of sp³-hybridized carbons (Fsp3) is 0.318. The fourth-order valence-corrected chi connectivity index (χ4v) is 3.63. The van der Waals surface area contributed by atoms with Gasteiger partial charge in [0.2, 0.25) is 0 Å². The van der Waals surface area contributed by atoms with Gasteiger partial charge in [-0.25, -0.2) is 13.9 Å². The van der Waals surface area contributed by atoms with Gasteiger partial charge in [0, 0.05) is 22.9 Å². The molecule has 8 nitrogen and oxygen atoms in total. The van der Waals surface area contributed by atoms with E-state index in [-0.39, 0.29) is 31.2 Å². The average molecular weight is 494 g/mol. The smallest absolute Gasteiger partial charge is 0.407 e. The van der Waals surface area contributed by atoms with Crippen LogP contribution in [0.5, 0.6) is 0 Å². The summed E-state index contributed by atoms with van der Waals surface area (Å²) < 4.78 is 19.5. The van der Waals surface area contributed by atoms with Crippen molar-refractivity contribution >= 4 is 35.1 Å².